The van der Waals surface area contributed by atoms with Crippen LogP contribution in [-0.4, -0.2) is 0 Å². The molecule has 3 rings (SSSR count). The molecule has 1 aromatic rings. The lowest BCUT2D eigenvalue weighted by atomic mass is 9.61. The molecule has 0 heterocycles. The van der Waals surface area contributed by atoms with Gasteiger partial charge in [0.2, 0.25) is 0 Å². The third-order valence-corrected chi connectivity index (χ3v) is 6.01. The molecular weight excluding hydrogens is 272 g/mol. The standard InChI is InChI=1S/C16H21Br/c1-10(2)16-8-4-5-12-6-7-14(17)13(15(12)16)9-11(16)3/h6-7,10-11H,4-5,8-9H2,1-3H3. The highest BCUT2D eigenvalue weighted by Crippen LogP contribution is 2.56. The molecule has 2 aliphatic carbocycles. The van der Waals surface area contributed by atoms with E-state index in [1.54, 1.807) is 16.7 Å². The molecule has 2 atom stereocenters. The predicted octanol–water partition coefficient (Wildman–Crippen LogP) is 4.87. The van der Waals surface area contributed by atoms with Crippen LogP contribution < -0.4 is 0 Å². The third kappa shape index (κ3) is 1.41. The van der Waals surface area contributed by atoms with E-state index >= 15 is 0 Å². The predicted molar refractivity (Wildman–Crippen MR) is 76.5 cm³/mol. The Bertz CT molecular complexity index is 461. The maximum atomic E-state index is 3.76. The number of benzene rings is 1. The van der Waals surface area contributed by atoms with E-state index in [0.717, 1.165) is 11.8 Å². The minimum atomic E-state index is 0.465. The molecule has 0 bridgehead atoms. The van der Waals surface area contributed by atoms with E-state index in [2.05, 4.69) is 48.8 Å². The van der Waals surface area contributed by atoms with E-state index in [1.807, 2.05) is 0 Å². The maximum Gasteiger partial charge on any atom is 0.0210 e. The summed E-state index contributed by atoms with van der Waals surface area (Å²) in [5.41, 5.74) is 5.43. The van der Waals surface area contributed by atoms with Crippen LogP contribution in [0.25, 0.3) is 0 Å². The Morgan fingerprint density at radius 2 is 2.12 bits per heavy atom. The van der Waals surface area contributed by atoms with E-state index in [1.165, 1.54) is 30.2 Å². The van der Waals surface area contributed by atoms with Gasteiger partial charge in [-0.15, -0.1) is 0 Å². The molecule has 0 aliphatic heterocycles. The molecule has 0 saturated carbocycles. The summed E-state index contributed by atoms with van der Waals surface area (Å²) in [6.07, 6.45) is 5.32. The van der Waals surface area contributed by atoms with E-state index < -0.39 is 0 Å². The topological polar surface area (TPSA) is 0 Å². The van der Waals surface area contributed by atoms with Gasteiger partial charge in [0.25, 0.3) is 0 Å². The zero-order chi connectivity index (χ0) is 12.2. The zero-order valence-corrected chi connectivity index (χ0v) is 12.6. The largest absolute Gasteiger partial charge is 0.0619 e. The Hall–Kier alpha value is -0.300. The van der Waals surface area contributed by atoms with Crippen molar-refractivity contribution in [2.45, 2.75) is 51.9 Å². The molecule has 2 aliphatic rings. The maximum absolute atomic E-state index is 3.76. The van der Waals surface area contributed by atoms with Crippen LogP contribution in [0.3, 0.4) is 0 Å². The first-order valence-electron chi connectivity index (χ1n) is 6.88. The molecule has 2 unspecified atom stereocenters. The van der Waals surface area contributed by atoms with Gasteiger partial charge < -0.3 is 0 Å². The van der Waals surface area contributed by atoms with Crippen LogP contribution in [0.4, 0.5) is 0 Å². The van der Waals surface area contributed by atoms with Gasteiger partial charge >= 0.3 is 0 Å². The average Bonchev–Trinajstić information content (AvgIpc) is 2.61. The lowest BCUT2D eigenvalue weighted by Crippen LogP contribution is -2.38. The molecule has 0 amide bonds. The molecule has 0 fully saturated rings. The summed E-state index contributed by atoms with van der Waals surface area (Å²) < 4.78 is 1.34. The second-order valence-corrected chi connectivity index (χ2v) is 7.07. The lowest BCUT2D eigenvalue weighted by Gasteiger charge is -2.43. The van der Waals surface area contributed by atoms with Crippen molar-refractivity contribution in [2.24, 2.45) is 11.8 Å². The van der Waals surface area contributed by atoms with Gasteiger partial charge in [0, 0.05) is 9.89 Å². The van der Waals surface area contributed by atoms with Crippen LogP contribution in [0.15, 0.2) is 16.6 Å². The van der Waals surface area contributed by atoms with Gasteiger partial charge in [-0.3, -0.25) is 0 Å². The van der Waals surface area contributed by atoms with Crippen molar-refractivity contribution in [1.82, 2.24) is 0 Å². The molecule has 0 aromatic heterocycles. The molecular formula is C16H21Br. The second kappa shape index (κ2) is 3.85. The smallest absolute Gasteiger partial charge is 0.0210 e. The molecule has 1 heteroatoms. The minimum Gasteiger partial charge on any atom is -0.0619 e. The van der Waals surface area contributed by atoms with Crippen LogP contribution in [0.5, 0.6) is 0 Å². The first-order chi connectivity index (χ1) is 8.07. The van der Waals surface area contributed by atoms with Crippen molar-refractivity contribution in [1.29, 1.82) is 0 Å². The zero-order valence-electron chi connectivity index (χ0n) is 11.0. The van der Waals surface area contributed by atoms with Gasteiger partial charge in [0.1, 0.15) is 0 Å². The number of halogens is 1. The fourth-order valence-electron chi connectivity index (χ4n) is 4.48. The molecule has 17 heavy (non-hydrogen) atoms. The minimum absolute atomic E-state index is 0.465. The summed E-state index contributed by atoms with van der Waals surface area (Å²) in [4.78, 5) is 0. The van der Waals surface area contributed by atoms with E-state index in [4.69, 9.17) is 0 Å². The number of hydrogen-bond donors (Lipinski definition) is 0. The molecule has 92 valence electrons. The summed E-state index contributed by atoms with van der Waals surface area (Å²) in [6.45, 7) is 7.30. The fraction of sp³-hybridized carbons (Fsp3) is 0.625. The molecule has 1 aromatic carbocycles. The molecule has 0 spiro atoms. The summed E-state index contributed by atoms with van der Waals surface area (Å²) in [5.74, 6) is 1.56. The van der Waals surface area contributed by atoms with Crippen molar-refractivity contribution >= 4 is 15.9 Å². The number of rotatable bonds is 1. The molecule has 0 nitrogen and oxygen atoms in total. The van der Waals surface area contributed by atoms with Crippen molar-refractivity contribution < 1.29 is 0 Å². The summed E-state index contributed by atoms with van der Waals surface area (Å²) in [7, 11) is 0. The van der Waals surface area contributed by atoms with E-state index in [-0.39, 0.29) is 0 Å². The molecule has 0 N–H and O–H groups in total. The Morgan fingerprint density at radius 3 is 2.82 bits per heavy atom. The first-order valence-corrected chi connectivity index (χ1v) is 7.67. The number of hydrogen-bond acceptors (Lipinski definition) is 0. The summed E-state index contributed by atoms with van der Waals surface area (Å²) >= 11 is 3.76. The highest BCUT2D eigenvalue weighted by Gasteiger charge is 2.49. The van der Waals surface area contributed by atoms with Gasteiger partial charge in [0.15, 0.2) is 0 Å². The van der Waals surface area contributed by atoms with Gasteiger partial charge in [-0.05, 0) is 60.3 Å². The quantitative estimate of drug-likeness (QED) is 0.693. The van der Waals surface area contributed by atoms with Gasteiger partial charge in [0.05, 0.1) is 0 Å². The summed E-state index contributed by atoms with van der Waals surface area (Å²) in [5, 5.41) is 0. The highest BCUT2D eigenvalue weighted by atomic mass is 79.9. The van der Waals surface area contributed by atoms with Gasteiger partial charge in [-0.1, -0.05) is 42.8 Å². The normalized spacial score (nSPS) is 30.8. The van der Waals surface area contributed by atoms with Crippen molar-refractivity contribution in [2.75, 3.05) is 0 Å². The van der Waals surface area contributed by atoms with E-state index in [9.17, 15) is 0 Å². The molecule has 0 radical (unpaired) electrons. The van der Waals surface area contributed by atoms with Crippen molar-refractivity contribution in [3.63, 3.8) is 0 Å². The van der Waals surface area contributed by atoms with Gasteiger partial charge in [-0.25, -0.2) is 0 Å². The summed E-state index contributed by atoms with van der Waals surface area (Å²) in [6, 6.07) is 4.62. The van der Waals surface area contributed by atoms with Crippen LogP contribution >= 0.6 is 15.9 Å². The van der Waals surface area contributed by atoms with Crippen LogP contribution in [0.2, 0.25) is 0 Å². The first kappa shape index (κ1) is 11.8. The van der Waals surface area contributed by atoms with Gasteiger partial charge in [-0.2, -0.15) is 0 Å². The lowest BCUT2D eigenvalue weighted by molar-refractivity contribution is 0.194. The Balaban J connectivity index is 2.30. The Kier molecular flexibility index (Phi) is 2.66. The van der Waals surface area contributed by atoms with Crippen LogP contribution in [0, 0.1) is 11.8 Å². The molecule has 0 saturated heterocycles. The second-order valence-electron chi connectivity index (χ2n) is 6.21. The monoisotopic (exact) mass is 292 g/mol. The van der Waals surface area contributed by atoms with Crippen LogP contribution in [-0.2, 0) is 18.3 Å². The average molecular weight is 293 g/mol. The Labute approximate surface area is 113 Å². The van der Waals surface area contributed by atoms with Crippen LogP contribution in [0.1, 0.15) is 50.3 Å². The Morgan fingerprint density at radius 1 is 1.35 bits per heavy atom. The van der Waals surface area contributed by atoms with Crippen molar-refractivity contribution in [3.05, 3.63) is 33.3 Å². The van der Waals surface area contributed by atoms with Crippen molar-refractivity contribution in [3.8, 4) is 0 Å². The third-order valence-electron chi connectivity index (χ3n) is 5.26. The highest BCUT2D eigenvalue weighted by molar-refractivity contribution is 9.10. The fourth-order valence-corrected chi connectivity index (χ4v) is 4.97. The number of aryl methyl sites for hydroxylation is 1. The SMILES string of the molecule is CC(C)C12CCCc3ccc(Br)c(c31)CC2C. The van der Waals surface area contributed by atoms with E-state index in [0.29, 0.717) is 5.41 Å².